The molecule has 0 unspecified atom stereocenters. The van der Waals surface area contributed by atoms with Crippen LogP contribution in [0.1, 0.15) is 32.4 Å². The molecule has 94 valence electrons. The molecule has 17 heavy (non-hydrogen) atoms. The number of carbonyl (C=O) groups is 1. The second kappa shape index (κ2) is 6.35. The van der Waals surface area contributed by atoms with Crippen molar-refractivity contribution >= 4 is 5.91 Å². The van der Waals surface area contributed by atoms with E-state index < -0.39 is 0 Å². The fourth-order valence-electron chi connectivity index (χ4n) is 1.45. The van der Waals surface area contributed by atoms with Gasteiger partial charge in [-0.15, -0.1) is 0 Å². The van der Waals surface area contributed by atoms with Crippen molar-refractivity contribution in [3.05, 3.63) is 35.6 Å². The number of amides is 1. The SMILES string of the molecule is CC(C)NCC(=O)N[C@@H](C)c1cccc(F)c1. The Morgan fingerprint density at radius 1 is 1.35 bits per heavy atom. The third-order valence-electron chi connectivity index (χ3n) is 2.40. The number of nitrogens with one attached hydrogen (secondary N) is 2. The molecule has 0 spiro atoms. The van der Waals surface area contributed by atoms with Gasteiger partial charge in [-0.3, -0.25) is 4.79 Å². The summed E-state index contributed by atoms with van der Waals surface area (Å²) in [6.45, 7) is 6.06. The maximum atomic E-state index is 13.0. The summed E-state index contributed by atoms with van der Waals surface area (Å²) < 4.78 is 13.0. The molecule has 4 heteroatoms. The molecule has 3 nitrogen and oxygen atoms in total. The molecule has 0 saturated heterocycles. The highest BCUT2D eigenvalue weighted by molar-refractivity contribution is 5.78. The zero-order valence-corrected chi connectivity index (χ0v) is 10.5. The summed E-state index contributed by atoms with van der Waals surface area (Å²) in [6.07, 6.45) is 0. The van der Waals surface area contributed by atoms with E-state index in [2.05, 4.69) is 10.6 Å². The molecule has 1 aromatic carbocycles. The van der Waals surface area contributed by atoms with Crippen molar-refractivity contribution in [3.8, 4) is 0 Å². The molecular weight excluding hydrogens is 219 g/mol. The molecule has 1 rings (SSSR count). The van der Waals surface area contributed by atoms with Crippen molar-refractivity contribution in [2.75, 3.05) is 6.54 Å². The third kappa shape index (κ3) is 4.95. The van der Waals surface area contributed by atoms with Crippen LogP contribution in [0.25, 0.3) is 0 Å². The molecule has 0 aliphatic rings. The number of rotatable bonds is 5. The van der Waals surface area contributed by atoms with E-state index >= 15 is 0 Å². The summed E-state index contributed by atoms with van der Waals surface area (Å²) >= 11 is 0. The van der Waals surface area contributed by atoms with E-state index in [0.717, 1.165) is 5.56 Å². The minimum atomic E-state index is -0.288. The molecule has 0 aliphatic carbocycles. The second-order valence-corrected chi connectivity index (χ2v) is 4.38. The predicted molar refractivity (Wildman–Crippen MR) is 66.1 cm³/mol. The van der Waals surface area contributed by atoms with E-state index in [1.54, 1.807) is 12.1 Å². The molecule has 0 fully saturated rings. The van der Waals surface area contributed by atoms with Crippen LogP contribution in [0.5, 0.6) is 0 Å². The quantitative estimate of drug-likeness (QED) is 0.823. The van der Waals surface area contributed by atoms with E-state index in [0.29, 0.717) is 0 Å². The van der Waals surface area contributed by atoms with Gasteiger partial charge in [-0.25, -0.2) is 4.39 Å². The lowest BCUT2D eigenvalue weighted by Gasteiger charge is -2.15. The summed E-state index contributed by atoms with van der Waals surface area (Å²) in [5, 5.41) is 5.84. The Morgan fingerprint density at radius 2 is 2.06 bits per heavy atom. The van der Waals surface area contributed by atoms with Crippen LogP contribution in [0.4, 0.5) is 4.39 Å². The third-order valence-corrected chi connectivity index (χ3v) is 2.40. The summed E-state index contributed by atoms with van der Waals surface area (Å²) in [5.41, 5.74) is 0.767. The van der Waals surface area contributed by atoms with Crippen molar-refractivity contribution in [1.29, 1.82) is 0 Å². The molecule has 0 saturated carbocycles. The van der Waals surface area contributed by atoms with Gasteiger partial charge in [0, 0.05) is 6.04 Å². The highest BCUT2D eigenvalue weighted by Crippen LogP contribution is 2.12. The van der Waals surface area contributed by atoms with Crippen LogP contribution in [0.15, 0.2) is 24.3 Å². The fourth-order valence-corrected chi connectivity index (χ4v) is 1.45. The maximum Gasteiger partial charge on any atom is 0.234 e. The number of halogens is 1. The van der Waals surface area contributed by atoms with Crippen molar-refractivity contribution in [2.45, 2.75) is 32.9 Å². The Labute approximate surface area is 101 Å². The lowest BCUT2D eigenvalue weighted by atomic mass is 10.1. The first-order chi connectivity index (χ1) is 7.99. The average molecular weight is 238 g/mol. The van der Waals surface area contributed by atoms with Crippen LogP contribution < -0.4 is 10.6 Å². The van der Waals surface area contributed by atoms with Gasteiger partial charge in [0.25, 0.3) is 0 Å². The topological polar surface area (TPSA) is 41.1 Å². The fraction of sp³-hybridized carbons (Fsp3) is 0.462. The Bertz CT molecular complexity index is 379. The average Bonchev–Trinajstić information content (AvgIpc) is 2.26. The van der Waals surface area contributed by atoms with Crippen LogP contribution in [0.2, 0.25) is 0 Å². The van der Waals surface area contributed by atoms with Gasteiger partial charge in [0.15, 0.2) is 0 Å². The van der Waals surface area contributed by atoms with Crippen LogP contribution in [-0.4, -0.2) is 18.5 Å². The van der Waals surface area contributed by atoms with Crippen LogP contribution in [0.3, 0.4) is 0 Å². The van der Waals surface area contributed by atoms with Crippen molar-refractivity contribution in [2.24, 2.45) is 0 Å². The number of hydrogen-bond donors (Lipinski definition) is 2. The lowest BCUT2D eigenvalue weighted by molar-refractivity contribution is -0.121. The Balaban J connectivity index is 2.48. The normalized spacial score (nSPS) is 12.5. The minimum absolute atomic E-state index is 0.0875. The number of hydrogen-bond acceptors (Lipinski definition) is 2. The molecule has 0 heterocycles. The Hall–Kier alpha value is -1.42. The summed E-state index contributed by atoms with van der Waals surface area (Å²) in [7, 11) is 0. The van der Waals surface area contributed by atoms with Crippen molar-refractivity contribution in [3.63, 3.8) is 0 Å². The van der Waals surface area contributed by atoms with Crippen LogP contribution in [-0.2, 0) is 4.79 Å². The zero-order chi connectivity index (χ0) is 12.8. The summed E-state index contributed by atoms with van der Waals surface area (Å²) in [4.78, 5) is 11.5. The number of benzene rings is 1. The zero-order valence-electron chi connectivity index (χ0n) is 10.5. The Morgan fingerprint density at radius 3 is 2.65 bits per heavy atom. The van der Waals surface area contributed by atoms with Crippen molar-refractivity contribution in [1.82, 2.24) is 10.6 Å². The monoisotopic (exact) mass is 238 g/mol. The van der Waals surface area contributed by atoms with Crippen LogP contribution >= 0.6 is 0 Å². The molecule has 0 aliphatic heterocycles. The van der Waals surface area contributed by atoms with Gasteiger partial charge in [-0.1, -0.05) is 26.0 Å². The lowest BCUT2D eigenvalue weighted by Crippen LogP contribution is -2.38. The molecule has 2 N–H and O–H groups in total. The first-order valence-corrected chi connectivity index (χ1v) is 5.77. The van der Waals surface area contributed by atoms with E-state index in [1.165, 1.54) is 12.1 Å². The molecular formula is C13H19FN2O. The Kier molecular flexibility index (Phi) is 5.10. The first kappa shape index (κ1) is 13.6. The van der Waals surface area contributed by atoms with E-state index in [-0.39, 0.29) is 30.4 Å². The minimum Gasteiger partial charge on any atom is -0.348 e. The van der Waals surface area contributed by atoms with Crippen molar-refractivity contribution < 1.29 is 9.18 Å². The molecule has 1 amide bonds. The van der Waals surface area contributed by atoms with Crippen LogP contribution in [0, 0.1) is 5.82 Å². The van der Waals surface area contributed by atoms with E-state index in [1.807, 2.05) is 20.8 Å². The molecule has 1 atom stereocenters. The maximum absolute atomic E-state index is 13.0. The highest BCUT2D eigenvalue weighted by atomic mass is 19.1. The summed E-state index contributed by atoms with van der Waals surface area (Å²) in [6, 6.07) is 6.33. The van der Waals surface area contributed by atoms with Gasteiger partial charge in [0.05, 0.1) is 12.6 Å². The molecule has 0 aromatic heterocycles. The van der Waals surface area contributed by atoms with Gasteiger partial charge < -0.3 is 10.6 Å². The van der Waals surface area contributed by atoms with Gasteiger partial charge in [0.1, 0.15) is 5.82 Å². The second-order valence-electron chi connectivity index (χ2n) is 4.38. The number of carbonyl (C=O) groups excluding carboxylic acids is 1. The van der Waals surface area contributed by atoms with E-state index in [4.69, 9.17) is 0 Å². The van der Waals surface area contributed by atoms with Gasteiger partial charge >= 0.3 is 0 Å². The smallest absolute Gasteiger partial charge is 0.234 e. The van der Waals surface area contributed by atoms with E-state index in [9.17, 15) is 9.18 Å². The highest BCUT2D eigenvalue weighted by Gasteiger charge is 2.09. The molecule has 0 bridgehead atoms. The standard InChI is InChI=1S/C13H19FN2O/c1-9(2)15-8-13(17)16-10(3)11-5-4-6-12(14)7-11/h4-7,9-10,15H,8H2,1-3H3,(H,16,17)/t10-/m0/s1. The van der Waals surface area contributed by atoms with Gasteiger partial charge in [-0.05, 0) is 24.6 Å². The largest absolute Gasteiger partial charge is 0.348 e. The molecule has 0 radical (unpaired) electrons. The first-order valence-electron chi connectivity index (χ1n) is 5.77. The van der Waals surface area contributed by atoms with Gasteiger partial charge in [-0.2, -0.15) is 0 Å². The molecule has 1 aromatic rings. The predicted octanol–water partition coefficient (Wildman–Crippen LogP) is 2.00. The summed E-state index contributed by atoms with van der Waals surface area (Å²) in [5.74, 6) is -0.376. The van der Waals surface area contributed by atoms with Gasteiger partial charge in [0.2, 0.25) is 5.91 Å².